The first-order chi connectivity index (χ1) is 12.1. The van der Waals surface area contributed by atoms with Crippen molar-refractivity contribution in [3.8, 4) is 5.75 Å². The number of rotatable bonds is 9. The number of phenolic OH excluding ortho intramolecular Hbond substituents is 1. The van der Waals surface area contributed by atoms with Crippen molar-refractivity contribution in [3.63, 3.8) is 0 Å². The summed E-state index contributed by atoms with van der Waals surface area (Å²) in [6, 6.07) is 4.17. The molecule has 0 heterocycles. The summed E-state index contributed by atoms with van der Waals surface area (Å²) >= 11 is 0. The van der Waals surface area contributed by atoms with Crippen LogP contribution < -0.4 is 16.4 Å². The van der Waals surface area contributed by atoms with Gasteiger partial charge in [0.25, 0.3) is 0 Å². The van der Waals surface area contributed by atoms with E-state index in [0.717, 1.165) is 5.56 Å². The van der Waals surface area contributed by atoms with Gasteiger partial charge in [0.15, 0.2) is 0 Å². The lowest BCUT2D eigenvalue weighted by Gasteiger charge is -2.26. The van der Waals surface area contributed by atoms with E-state index in [2.05, 4.69) is 10.6 Å². The van der Waals surface area contributed by atoms with Gasteiger partial charge in [-0.05, 0) is 30.0 Å². The van der Waals surface area contributed by atoms with Crippen molar-refractivity contribution in [1.29, 1.82) is 0 Å². The number of nitrogens with one attached hydrogen (secondary N) is 2. The molecule has 0 radical (unpaired) electrons. The van der Waals surface area contributed by atoms with E-state index in [1.54, 1.807) is 26.0 Å². The first kappa shape index (κ1) is 21.4. The summed E-state index contributed by atoms with van der Waals surface area (Å²) < 4.78 is 0. The summed E-state index contributed by atoms with van der Waals surface area (Å²) in [4.78, 5) is 35.4. The minimum Gasteiger partial charge on any atom is -0.508 e. The minimum absolute atomic E-state index is 0.134. The first-order valence-electron chi connectivity index (χ1n) is 8.52. The Labute approximate surface area is 152 Å². The number of carbonyl (C=O) groups is 3. The van der Waals surface area contributed by atoms with E-state index >= 15 is 0 Å². The van der Waals surface area contributed by atoms with Gasteiger partial charge in [0.2, 0.25) is 11.8 Å². The fourth-order valence-corrected chi connectivity index (χ4v) is 2.47. The molecule has 144 valence electrons. The van der Waals surface area contributed by atoms with Crippen LogP contribution in [0.25, 0.3) is 0 Å². The van der Waals surface area contributed by atoms with E-state index in [0.29, 0.717) is 6.42 Å². The number of amides is 2. The maximum atomic E-state index is 12.6. The predicted molar refractivity (Wildman–Crippen MR) is 96.3 cm³/mol. The molecule has 2 amide bonds. The van der Waals surface area contributed by atoms with Crippen LogP contribution in [0.15, 0.2) is 24.3 Å². The Bertz CT molecular complexity index is 630. The van der Waals surface area contributed by atoms with Gasteiger partial charge in [-0.1, -0.05) is 32.9 Å². The van der Waals surface area contributed by atoms with E-state index in [-0.39, 0.29) is 23.6 Å². The smallest absolute Gasteiger partial charge is 0.305 e. The summed E-state index contributed by atoms with van der Waals surface area (Å²) in [6.07, 6.45) is 0.108. The van der Waals surface area contributed by atoms with Crippen molar-refractivity contribution in [1.82, 2.24) is 10.6 Å². The molecule has 0 aliphatic heterocycles. The Balaban J connectivity index is 2.82. The van der Waals surface area contributed by atoms with Gasteiger partial charge in [-0.25, -0.2) is 0 Å². The summed E-state index contributed by atoms with van der Waals surface area (Å²) in [6.45, 7) is 5.45. The molecule has 0 aromatic heterocycles. The average Bonchev–Trinajstić information content (AvgIpc) is 2.57. The molecular weight excluding hydrogens is 338 g/mol. The van der Waals surface area contributed by atoms with Crippen LogP contribution in [0.2, 0.25) is 0 Å². The molecule has 0 aliphatic rings. The highest BCUT2D eigenvalue weighted by atomic mass is 16.4. The lowest BCUT2D eigenvalue weighted by atomic mass is 10.00. The molecule has 1 aromatic carbocycles. The van der Waals surface area contributed by atoms with Gasteiger partial charge in [0.05, 0.1) is 18.5 Å². The standard InChI is InChI=1S/C18H27N3O5/c1-4-14(11-5-7-12(22)8-6-11)20-18(26)16(10(2)3)21-17(25)13(19)9-15(23)24/h5-8,10,13-14,16,22H,4,9,19H2,1-3H3,(H,20,26)(H,21,25)(H,23,24)/t13-,14-,16+/m0/s1. The van der Waals surface area contributed by atoms with Crippen molar-refractivity contribution in [3.05, 3.63) is 29.8 Å². The molecular formula is C18H27N3O5. The third-order valence-electron chi connectivity index (χ3n) is 4.00. The number of hydrogen-bond donors (Lipinski definition) is 5. The number of carboxylic acid groups (broad SMARTS) is 1. The average molecular weight is 365 g/mol. The molecule has 0 saturated carbocycles. The molecule has 26 heavy (non-hydrogen) atoms. The zero-order valence-electron chi connectivity index (χ0n) is 15.2. The van der Waals surface area contributed by atoms with Crippen LogP contribution in [-0.4, -0.2) is 40.1 Å². The second-order valence-electron chi connectivity index (χ2n) is 6.50. The van der Waals surface area contributed by atoms with E-state index in [9.17, 15) is 19.5 Å². The van der Waals surface area contributed by atoms with Gasteiger partial charge in [-0.15, -0.1) is 0 Å². The highest BCUT2D eigenvalue weighted by Crippen LogP contribution is 2.20. The van der Waals surface area contributed by atoms with Crippen molar-refractivity contribution in [2.75, 3.05) is 0 Å². The van der Waals surface area contributed by atoms with Crippen molar-refractivity contribution < 1.29 is 24.6 Å². The SMILES string of the molecule is CC[C@H](NC(=O)[C@H](NC(=O)[C@@H](N)CC(=O)O)C(C)C)c1ccc(O)cc1. The molecule has 0 unspecified atom stereocenters. The molecule has 1 aromatic rings. The van der Waals surface area contributed by atoms with Crippen molar-refractivity contribution in [2.24, 2.45) is 11.7 Å². The molecule has 0 saturated heterocycles. The number of hydrogen-bond acceptors (Lipinski definition) is 5. The normalized spacial score (nSPS) is 14.3. The molecule has 1 rings (SSSR count). The molecule has 0 fully saturated rings. The molecule has 3 atom stereocenters. The van der Waals surface area contributed by atoms with E-state index in [1.807, 2.05) is 6.92 Å². The van der Waals surface area contributed by atoms with E-state index in [1.165, 1.54) is 12.1 Å². The fraction of sp³-hybridized carbons (Fsp3) is 0.500. The van der Waals surface area contributed by atoms with E-state index < -0.39 is 30.4 Å². The van der Waals surface area contributed by atoms with Crippen molar-refractivity contribution >= 4 is 17.8 Å². The highest BCUT2D eigenvalue weighted by molar-refractivity contribution is 5.91. The minimum atomic E-state index is -1.22. The summed E-state index contributed by atoms with van der Waals surface area (Å²) in [5.41, 5.74) is 6.38. The Morgan fingerprint density at radius 1 is 1.08 bits per heavy atom. The molecule has 0 aliphatic carbocycles. The number of phenols is 1. The molecule has 6 N–H and O–H groups in total. The third kappa shape index (κ3) is 6.36. The maximum Gasteiger partial charge on any atom is 0.305 e. The second-order valence-corrected chi connectivity index (χ2v) is 6.50. The van der Waals surface area contributed by atoms with Crippen LogP contribution in [-0.2, 0) is 14.4 Å². The van der Waals surface area contributed by atoms with Crippen LogP contribution in [0.3, 0.4) is 0 Å². The number of benzene rings is 1. The van der Waals surface area contributed by atoms with Gasteiger partial charge in [0, 0.05) is 0 Å². The van der Waals surface area contributed by atoms with Gasteiger partial charge in [0.1, 0.15) is 11.8 Å². The van der Waals surface area contributed by atoms with Crippen LogP contribution in [0.1, 0.15) is 45.2 Å². The summed E-state index contributed by atoms with van der Waals surface area (Å²) in [7, 11) is 0. The van der Waals surface area contributed by atoms with Gasteiger partial charge in [-0.2, -0.15) is 0 Å². The van der Waals surface area contributed by atoms with E-state index in [4.69, 9.17) is 10.8 Å². The lowest BCUT2D eigenvalue weighted by molar-refractivity contribution is -0.139. The first-order valence-corrected chi connectivity index (χ1v) is 8.52. The highest BCUT2D eigenvalue weighted by Gasteiger charge is 2.28. The Morgan fingerprint density at radius 2 is 1.65 bits per heavy atom. The van der Waals surface area contributed by atoms with Crippen LogP contribution in [0.4, 0.5) is 0 Å². The molecule has 0 bridgehead atoms. The monoisotopic (exact) mass is 365 g/mol. The number of carbonyl (C=O) groups excluding carboxylic acids is 2. The third-order valence-corrected chi connectivity index (χ3v) is 4.00. The van der Waals surface area contributed by atoms with Gasteiger partial charge < -0.3 is 26.6 Å². The maximum absolute atomic E-state index is 12.6. The zero-order chi connectivity index (χ0) is 19.9. The summed E-state index contributed by atoms with van der Waals surface area (Å²) in [5.74, 6) is -2.32. The molecule has 8 nitrogen and oxygen atoms in total. The number of carboxylic acids is 1. The van der Waals surface area contributed by atoms with Crippen molar-refractivity contribution in [2.45, 2.75) is 51.7 Å². The van der Waals surface area contributed by atoms with Gasteiger partial charge >= 0.3 is 5.97 Å². The lowest BCUT2D eigenvalue weighted by Crippen LogP contribution is -2.54. The van der Waals surface area contributed by atoms with Crippen LogP contribution in [0.5, 0.6) is 5.75 Å². The number of aromatic hydroxyl groups is 1. The van der Waals surface area contributed by atoms with Gasteiger partial charge in [-0.3, -0.25) is 14.4 Å². The quantitative estimate of drug-likeness (QED) is 0.440. The Morgan fingerprint density at radius 3 is 2.12 bits per heavy atom. The Kier molecular flexibility index (Phi) is 8.05. The van der Waals surface area contributed by atoms with Crippen LogP contribution in [0, 0.1) is 5.92 Å². The second kappa shape index (κ2) is 9.76. The largest absolute Gasteiger partial charge is 0.508 e. The summed E-state index contributed by atoms with van der Waals surface area (Å²) in [5, 5.41) is 23.5. The number of aliphatic carboxylic acids is 1. The van der Waals surface area contributed by atoms with Crippen LogP contribution >= 0.6 is 0 Å². The molecule has 0 spiro atoms. The number of nitrogens with two attached hydrogens (primary N) is 1. The molecule has 8 heteroatoms. The zero-order valence-corrected chi connectivity index (χ0v) is 15.2. The fourth-order valence-electron chi connectivity index (χ4n) is 2.47. The predicted octanol–water partition coefficient (Wildman–Crippen LogP) is 0.902. The Hall–Kier alpha value is -2.61. The topological polar surface area (TPSA) is 142 Å².